The van der Waals surface area contributed by atoms with E-state index in [2.05, 4.69) is 5.32 Å². The average Bonchev–Trinajstić information content (AvgIpc) is 2.69. The normalized spacial score (nSPS) is 19.8. The monoisotopic (exact) mass is 284 g/mol. The highest BCUT2D eigenvalue weighted by molar-refractivity contribution is 6.30. The van der Waals surface area contributed by atoms with E-state index in [0.717, 1.165) is 32.4 Å². The largest absolute Gasteiger partial charge is 0.339 e. The Hall–Kier alpha value is -1.13. The fourth-order valence-corrected chi connectivity index (χ4v) is 2.50. The van der Waals surface area contributed by atoms with Gasteiger partial charge in [0.05, 0.1) is 5.02 Å². The molecule has 1 aliphatic heterocycles. The summed E-state index contributed by atoms with van der Waals surface area (Å²) in [6, 6.07) is 4.41. The molecule has 19 heavy (non-hydrogen) atoms. The van der Waals surface area contributed by atoms with E-state index >= 15 is 0 Å². The third-order valence-electron chi connectivity index (χ3n) is 3.58. The maximum absolute atomic E-state index is 13.4. The quantitative estimate of drug-likeness (QED) is 0.906. The number of hydrogen-bond donors (Lipinski definition) is 1. The molecular formula is C14H18ClFN2O. The molecule has 1 saturated heterocycles. The second-order valence-corrected chi connectivity index (χ2v) is 5.29. The second-order valence-electron chi connectivity index (χ2n) is 4.88. The van der Waals surface area contributed by atoms with Crippen molar-refractivity contribution < 1.29 is 9.18 Å². The second kappa shape index (κ2) is 6.35. The number of nitrogens with one attached hydrogen (secondary N) is 1. The fourth-order valence-electron chi connectivity index (χ4n) is 2.39. The van der Waals surface area contributed by atoms with Crippen LogP contribution in [0.15, 0.2) is 18.2 Å². The smallest absolute Gasteiger partial charge is 0.253 e. The Balaban J connectivity index is 2.10. The Morgan fingerprint density at radius 2 is 2.21 bits per heavy atom. The molecule has 1 unspecified atom stereocenters. The van der Waals surface area contributed by atoms with Crippen LogP contribution >= 0.6 is 11.6 Å². The Bertz CT molecular complexity index is 459. The van der Waals surface area contributed by atoms with E-state index < -0.39 is 5.82 Å². The van der Waals surface area contributed by atoms with Crippen LogP contribution in [0.5, 0.6) is 0 Å². The van der Waals surface area contributed by atoms with Crippen molar-refractivity contribution >= 4 is 17.5 Å². The molecule has 1 heterocycles. The Labute approximate surface area is 117 Å². The molecular weight excluding hydrogens is 267 g/mol. The van der Waals surface area contributed by atoms with E-state index in [9.17, 15) is 9.18 Å². The van der Waals surface area contributed by atoms with Gasteiger partial charge < -0.3 is 10.2 Å². The van der Waals surface area contributed by atoms with Gasteiger partial charge in [0.1, 0.15) is 5.82 Å². The van der Waals surface area contributed by atoms with Gasteiger partial charge in [-0.25, -0.2) is 4.39 Å². The number of carbonyl (C=O) groups is 1. The predicted octanol–water partition coefficient (Wildman–Crippen LogP) is 2.69. The average molecular weight is 285 g/mol. The standard InChI is InChI=1S/C14H18ClFN2O/c1-18(11-3-2-7-17-8-6-11)14(19)10-4-5-12(15)13(16)9-10/h4-5,9,11,17H,2-3,6-8H2,1H3. The van der Waals surface area contributed by atoms with E-state index in [1.165, 1.54) is 12.1 Å². The van der Waals surface area contributed by atoms with Gasteiger partial charge in [-0.15, -0.1) is 0 Å². The summed E-state index contributed by atoms with van der Waals surface area (Å²) in [6.07, 6.45) is 2.96. The molecule has 0 radical (unpaired) electrons. The van der Waals surface area contributed by atoms with Gasteiger partial charge in [0.15, 0.2) is 0 Å². The molecule has 3 nitrogen and oxygen atoms in total. The zero-order chi connectivity index (χ0) is 13.8. The van der Waals surface area contributed by atoms with Crippen LogP contribution in [-0.2, 0) is 0 Å². The minimum absolute atomic E-state index is 0.0397. The molecule has 1 aromatic carbocycles. The molecule has 104 valence electrons. The van der Waals surface area contributed by atoms with Crippen molar-refractivity contribution in [3.05, 3.63) is 34.6 Å². The summed E-state index contributed by atoms with van der Waals surface area (Å²) < 4.78 is 13.4. The molecule has 2 rings (SSSR count). The van der Waals surface area contributed by atoms with Crippen LogP contribution < -0.4 is 5.32 Å². The molecule has 0 aromatic heterocycles. The Morgan fingerprint density at radius 3 is 2.95 bits per heavy atom. The topological polar surface area (TPSA) is 32.3 Å². The minimum atomic E-state index is -0.552. The lowest BCUT2D eigenvalue weighted by molar-refractivity contribution is 0.0720. The minimum Gasteiger partial charge on any atom is -0.339 e. The highest BCUT2D eigenvalue weighted by Crippen LogP contribution is 2.19. The lowest BCUT2D eigenvalue weighted by Gasteiger charge is -2.27. The van der Waals surface area contributed by atoms with E-state index in [-0.39, 0.29) is 17.0 Å². The van der Waals surface area contributed by atoms with Gasteiger partial charge in [0.25, 0.3) is 5.91 Å². The highest BCUT2D eigenvalue weighted by Gasteiger charge is 2.22. The number of benzene rings is 1. The third-order valence-corrected chi connectivity index (χ3v) is 3.89. The first-order valence-corrected chi connectivity index (χ1v) is 6.90. The van der Waals surface area contributed by atoms with Crippen LogP contribution in [0.3, 0.4) is 0 Å². The maximum atomic E-state index is 13.4. The van der Waals surface area contributed by atoms with Gasteiger partial charge in [0.2, 0.25) is 0 Å². The number of rotatable bonds is 2. The van der Waals surface area contributed by atoms with Crippen LogP contribution in [0, 0.1) is 5.82 Å². The van der Waals surface area contributed by atoms with Crippen LogP contribution in [0.4, 0.5) is 4.39 Å². The third kappa shape index (κ3) is 3.45. The van der Waals surface area contributed by atoms with Crippen LogP contribution in [-0.4, -0.2) is 37.0 Å². The summed E-state index contributed by atoms with van der Waals surface area (Å²) >= 11 is 5.63. The molecule has 1 aromatic rings. The first-order chi connectivity index (χ1) is 9.09. The molecule has 0 saturated carbocycles. The van der Waals surface area contributed by atoms with Crippen molar-refractivity contribution in [1.82, 2.24) is 10.2 Å². The van der Waals surface area contributed by atoms with Gasteiger partial charge >= 0.3 is 0 Å². The van der Waals surface area contributed by atoms with E-state index in [1.807, 2.05) is 0 Å². The van der Waals surface area contributed by atoms with Crippen LogP contribution in [0.2, 0.25) is 5.02 Å². The van der Waals surface area contributed by atoms with Gasteiger partial charge in [-0.3, -0.25) is 4.79 Å². The van der Waals surface area contributed by atoms with E-state index in [4.69, 9.17) is 11.6 Å². The first kappa shape index (κ1) is 14.3. The molecule has 1 atom stereocenters. The van der Waals surface area contributed by atoms with E-state index in [0.29, 0.717) is 5.56 Å². The van der Waals surface area contributed by atoms with Crippen molar-refractivity contribution in [3.8, 4) is 0 Å². The van der Waals surface area contributed by atoms with E-state index in [1.54, 1.807) is 18.0 Å². The molecule has 1 aliphatic rings. The Morgan fingerprint density at radius 1 is 1.42 bits per heavy atom. The maximum Gasteiger partial charge on any atom is 0.253 e. The molecule has 0 spiro atoms. The summed E-state index contributed by atoms with van der Waals surface area (Å²) in [4.78, 5) is 14.0. The lowest BCUT2D eigenvalue weighted by Crippen LogP contribution is -2.37. The number of nitrogens with zero attached hydrogens (tertiary/aromatic N) is 1. The number of halogens is 2. The zero-order valence-corrected chi connectivity index (χ0v) is 11.7. The molecule has 0 aliphatic carbocycles. The zero-order valence-electron chi connectivity index (χ0n) is 11.0. The summed E-state index contributed by atoms with van der Waals surface area (Å²) in [7, 11) is 1.78. The van der Waals surface area contributed by atoms with Crippen LogP contribution in [0.25, 0.3) is 0 Å². The van der Waals surface area contributed by atoms with Gasteiger partial charge in [-0.2, -0.15) is 0 Å². The van der Waals surface area contributed by atoms with Gasteiger partial charge in [-0.1, -0.05) is 11.6 Å². The molecule has 1 amide bonds. The number of hydrogen-bond acceptors (Lipinski definition) is 2. The van der Waals surface area contributed by atoms with Crippen molar-refractivity contribution in [3.63, 3.8) is 0 Å². The van der Waals surface area contributed by atoms with Gasteiger partial charge in [-0.05, 0) is 50.6 Å². The Kier molecular flexibility index (Phi) is 4.77. The highest BCUT2D eigenvalue weighted by atomic mass is 35.5. The molecule has 0 bridgehead atoms. The summed E-state index contributed by atoms with van der Waals surface area (Å²) in [5, 5.41) is 3.35. The number of carbonyl (C=O) groups excluding carboxylic acids is 1. The molecule has 5 heteroatoms. The lowest BCUT2D eigenvalue weighted by atomic mass is 10.1. The fraction of sp³-hybridized carbons (Fsp3) is 0.500. The summed E-state index contributed by atoms with van der Waals surface area (Å²) in [6.45, 7) is 1.91. The summed E-state index contributed by atoms with van der Waals surface area (Å²) in [5.74, 6) is -0.703. The number of amides is 1. The van der Waals surface area contributed by atoms with Crippen molar-refractivity contribution in [2.45, 2.75) is 25.3 Å². The summed E-state index contributed by atoms with van der Waals surface area (Å²) in [5.41, 5.74) is 0.349. The molecule has 1 N–H and O–H groups in total. The SMILES string of the molecule is CN(C(=O)c1ccc(Cl)c(F)c1)C1CCCNCC1. The van der Waals surface area contributed by atoms with Crippen molar-refractivity contribution in [2.75, 3.05) is 20.1 Å². The molecule has 1 fully saturated rings. The van der Waals surface area contributed by atoms with Gasteiger partial charge in [0, 0.05) is 18.7 Å². The van der Waals surface area contributed by atoms with Crippen molar-refractivity contribution in [2.24, 2.45) is 0 Å². The van der Waals surface area contributed by atoms with Crippen molar-refractivity contribution in [1.29, 1.82) is 0 Å². The first-order valence-electron chi connectivity index (χ1n) is 6.52. The predicted molar refractivity (Wildman–Crippen MR) is 74.0 cm³/mol. The van der Waals surface area contributed by atoms with Crippen LogP contribution in [0.1, 0.15) is 29.6 Å².